The standard InChI is InChI=1S/C26H22Cl2F3N3O6/c27-19-11-16(40-26(29,30)31)12-20(28)22(19)34-25(38)32-15-9-14-3-1-2-4-17(14)18(10-15)23(35)33-21(24(36)37)13-5-7-39-8-6-13/h1-4,9-13,21H,5-8H2,(H,33,35)(H,36,37)(H2,32,34,38). The molecule has 1 aliphatic heterocycles. The number of anilines is 2. The third-order valence-corrected chi connectivity index (χ3v) is 6.74. The van der Waals surface area contributed by atoms with E-state index in [2.05, 4.69) is 20.7 Å². The number of fused-ring (bicyclic) bond motifs is 1. The molecule has 1 atom stereocenters. The zero-order valence-corrected chi connectivity index (χ0v) is 22.0. The predicted octanol–water partition coefficient (Wildman–Crippen LogP) is 6.30. The smallest absolute Gasteiger partial charge is 0.480 e. The van der Waals surface area contributed by atoms with E-state index >= 15 is 0 Å². The van der Waals surface area contributed by atoms with Crippen LogP contribution in [0.4, 0.5) is 29.3 Å². The molecular weight excluding hydrogens is 578 g/mol. The molecule has 3 aromatic carbocycles. The van der Waals surface area contributed by atoms with Crippen LogP contribution in [0.2, 0.25) is 10.0 Å². The molecule has 0 radical (unpaired) electrons. The lowest BCUT2D eigenvalue weighted by molar-refractivity contribution is -0.274. The lowest BCUT2D eigenvalue weighted by Crippen LogP contribution is -2.47. The number of halogens is 5. The molecule has 9 nitrogen and oxygen atoms in total. The van der Waals surface area contributed by atoms with E-state index in [1.54, 1.807) is 30.3 Å². The van der Waals surface area contributed by atoms with E-state index in [0.717, 1.165) is 12.1 Å². The van der Waals surface area contributed by atoms with Crippen LogP contribution in [0.5, 0.6) is 5.75 Å². The number of ether oxygens (including phenoxy) is 2. The Morgan fingerprint density at radius 3 is 2.27 bits per heavy atom. The Hall–Kier alpha value is -3.74. The summed E-state index contributed by atoms with van der Waals surface area (Å²) in [5.41, 5.74) is 0.120. The van der Waals surface area contributed by atoms with Crippen molar-refractivity contribution in [1.82, 2.24) is 5.32 Å². The molecule has 0 spiro atoms. The quantitative estimate of drug-likeness (QED) is 0.252. The summed E-state index contributed by atoms with van der Waals surface area (Å²) < 4.78 is 46.6. The van der Waals surface area contributed by atoms with Crippen LogP contribution < -0.4 is 20.7 Å². The van der Waals surface area contributed by atoms with Gasteiger partial charge < -0.3 is 30.5 Å². The number of nitrogens with one attached hydrogen (secondary N) is 3. The maximum Gasteiger partial charge on any atom is 0.573 e. The minimum absolute atomic E-state index is 0.122. The zero-order valence-electron chi connectivity index (χ0n) is 20.5. The van der Waals surface area contributed by atoms with E-state index in [4.69, 9.17) is 27.9 Å². The highest BCUT2D eigenvalue weighted by Crippen LogP contribution is 2.37. The van der Waals surface area contributed by atoms with Gasteiger partial charge in [-0.1, -0.05) is 47.5 Å². The molecule has 4 N–H and O–H groups in total. The number of rotatable bonds is 7. The molecule has 0 saturated carbocycles. The summed E-state index contributed by atoms with van der Waals surface area (Å²) in [6.07, 6.45) is -4.00. The summed E-state index contributed by atoms with van der Waals surface area (Å²) in [6.45, 7) is 0.793. The van der Waals surface area contributed by atoms with Gasteiger partial charge in [0.15, 0.2) is 0 Å². The molecule has 1 fully saturated rings. The molecule has 4 rings (SSSR count). The SMILES string of the molecule is O=C(Nc1cc(C(=O)NC(C(=O)O)C2CCOCC2)c2ccccc2c1)Nc1c(Cl)cc(OC(F)(F)F)cc1Cl. The van der Waals surface area contributed by atoms with Gasteiger partial charge in [0, 0.05) is 36.6 Å². The fourth-order valence-corrected chi connectivity index (χ4v) is 4.92. The number of amides is 3. The molecule has 14 heteroatoms. The number of hydrogen-bond donors (Lipinski definition) is 4. The molecule has 1 saturated heterocycles. The largest absolute Gasteiger partial charge is 0.573 e. The van der Waals surface area contributed by atoms with Gasteiger partial charge >= 0.3 is 18.4 Å². The second kappa shape index (κ2) is 12.2. The van der Waals surface area contributed by atoms with Crippen molar-refractivity contribution in [2.45, 2.75) is 25.2 Å². The van der Waals surface area contributed by atoms with Gasteiger partial charge in [0.05, 0.1) is 15.7 Å². The first-order chi connectivity index (χ1) is 18.9. The number of aliphatic carboxylic acids is 1. The number of carbonyl (C=O) groups excluding carboxylic acids is 2. The molecule has 0 bridgehead atoms. The van der Waals surface area contributed by atoms with Crippen molar-refractivity contribution < 1.29 is 42.1 Å². The molecule has 0 aliphatic carbocycles. The summed E-state index contributed by atoms with van der Waals surface area (Å²) in [6, 6.07) is 9.47. The Labute approximate surface area is 235 Å². The first-order valence-corrected chi connectivity index (χ1v) is 12.6. The number of urea groups is 1. The van der Waals surface area contributed by atoms with Crippen LogP contribution in [0.15, 0.2) is 48.5 Å². The summed E-state index contributed by atoms with van der Waals surface area (Å²) in [5, 5.41) is 17.7. The molecule has 212 valence electrons. The third kappa shape index (κ3) is 7.26. The van der Waals surface area contributed by atoms with E-state index in [0.29, 0.717) is 36.8 Å². The third-order valence-electron chi connectivity index (χ3n) is 6.14. The van der Waals surface area contributed by atoms with Gasteiger partial charge in [0.1, 0.15) is 11.8 Å². The van der Waals surface area contributed by atoms with Crippen molar-refractivity contribution >= 4 is 63.3 Å². The van der Waals surface area contributed by atoms with Crippen LogP contribution in [0, 0.1) is 5.92 Å². The van der Waals surface area contributed by atoms with Crippen molar-refractivity contribution in [2.75, 3.05) is 23.8 Å². The van der Waals surface area contributed by atoms with Crippen molar-refractivity contribution in [3.63, 3.8) is 0 Å². The number of carbonyl (C=O) groups is 3. The molecule has 1 aliphatic rings. The Bertz CT molecular complexity index is 1420. The molecule has 0 aromatic heterocycles. The van der Waals surface area contributed by atoms with E-state index in [1.165, 1.54) is 6.07 Å². The first-order valence-electron chi connectivity index (χ1n) is 11.9. The maximum absolute atomic E-state index is 13.3. The van der Waals surface area contributed by atoms with Gasteiger partial charge in [0.25, 0.3) is 5.91 Å². The minimum Gasteiger partial charge on any atom is -0.480 e. The molecular formula is C26H22Cl2F3N3O6. The second-order valence-corrected chi connectivity index (χ2v) is 9.69. The minimum atomic E-state index is -4.96. The van der Waals surface area contributed by atoms with Gasteiger partial charge in [-0.3, -0.25) is 4.79 Å². The Kier molecular flexibility index (Phi) is 8.92. The topological polar surface area (TPSA) is 126 Å². The highest BCUT2D eigenvalue weighted by molar-refractivity contribution is 6.40. The number of alkyl halides is 3. The van der Waals surface area contributed by atoms with Crippen LogP contribution >= 0.6 is 23.2 Å². The predicted molar refractivity (Wildman–Crippen MR) is 142 cm³/mol. The van der Waals surface area contributed by atoms with Gasteiger partial charge in [-0.15, -0.1) is 13.2 Å². The Balaban J connectivity index is 1.56. The average Bonchev–Trinajstić information content (AvgIpc) is 2.88. The van der Waals surface area contributed by atoms with Crippen LogP contribution in [-0.2, 0) is 9.53 Å². The second-order valence-electron chi connectivity index (χ2n) is 8.87. The number of benzene rings is 3. The maximum atomic E-state index is 13.3. The van der Waals surface area contributed by atoms with Gasteiger partial charge in [0.2, 0.25) is 0 Å². The summed E-state index contributed by atoms with van der Waals surface area (Å²) >= 11 is 12.0. The van der Waals surface area contributed by atoms with E-state index in [-0.39, 0.29) is 32.9 Å². The average molecular weight is 600 g/mol. The van der Waals surface area contributed by atoms with Crippen molar-refractivity contribution in [3.05, 3.63) is 64.1 Å². The van der Waals surface area contributed by atoms with Crippen LogP contribution in [0.1, 0.15) is 23.2 Å². The first kappa shape index (κ1) is 29.2. The number of carboxylic acid groups (broad SMARTS) is 1. The van der Waals surface area contributed by atoms with Crippen molar-refractivity contribution in [3.8, 4) is 5.75 Å². The highest BCUT2D eigenvalue weighted by Gasteiger charge is 2.33. The molecule has 1 heterocycles. The van der Waals surface area contributed by atoms with Gasteiger partial charge in [-0.2, -0.15) is 0 Å². The summed E-state index contributed by atoms with van der Waals surface area (Å²) in [4.78, 5) is 38.0. The monoisotopic (exact) mass is 599 g/mol. The van der Waals surface area contributed by atoms with E-state index in [9.17, 15) is 32.7 Å². The molecule has 40 heavy (non-hydrogen) atoms. The fraction of sp³-hybridized carbons (Fsp3) is 0.269. The normalized spacial score (nSPS) is 14.8. The molecule has 3 amide bonds. The van der Waals surface area contributed by atoms with Crippen LogP contribution in [0.25, 0.3) is 10.8 Å². The zero-order chi connectivity index (χ0) is 29.0. The van der Waals surface area contributed by atoms with E-state index < -0.39 is 36.1 Å². The highest BCUT2D eigenvalue weighted by atomic mass is 35.5. The fourth-order valence-electron chi connectivity index (χ4n) is 4.36. The lowest BCUT2D eigenvalue weighted by atomic mass is 9.91. The lowest BCUT2D eigenvalue weighted by Gasteiger charge is -2.28. The van der Waals surface area contributed by atoms with Crippen LogP contribution in [-0.4, -0.2) is 48.6 Å². The van der Waals surface area contributed by atoms with Crippen molar-refractivity contribution in [1.29, 1.82) is 0 Å². The van der Waals surface area contributed by atoms with Crippen LogP contribution in [0.3, 0.4) is 0 Å². The molecule has 1 unspecified atom stereocenters. The summed E-state index contributed by atoms with van der Waals surface area (Å²) in [7, 11) is 0. The van der Waals surface area contributed by atoms with Crippen molar-refractivity contribution in [2.24, 2.45) is 5.92 Å². The number of carboxylic acids is 1. The Morgan fingerprint density at radius 1 is 1.00 bits per heavy atom. The van der Waals surface area contributed by atoms with Gasteiger partial charge in [-0.25, -0.2) is 9.59 Å². The Morgan fingerprint density at radius 2 is 1.65 bits per heavy atom. The van der Waals surface area contributed by atoms with Gasteiger partial charge in [-0.05, 0) is 41.7 Å². The summed E-state index contributed by atoms with van der Waals surface area (Å²) in [5.74, 6) is -2.79. The number of hydrogen-bond acceptors (Lipinski definition) is 5. The molecule has 3 aromatic rings. The van der Waals surface area contributed by atoms with E-state index in [1.807, 2.05) is 0 Å².